The normalized spacial score (nSPS) is 10.7. The number of carboxylic acids is 1. The van der Waals surface area contributed by atoms with E-state index in [0.717, 1.165) is 28.8 Å². The Morgan fingerprint density at radius 2 is 2.24 bits per heavy atom. The van der Waals surface area contributed by atoms with E-state index in [9.17, 15) is 4.79 Å². The Kier molecular flexibility index (Phi) is 3.04. The lowest BCUT2D eigenvalue weighted by Crippen LogP contribution is -1.99. The SMILES string of the molecule is CCn1cc(CC(=O)O)c2c(OC)cccc21. The van der Waals surface area contributed by atoms with E-state index >= 15 is 0 Å². The van der Waals surface area contributed by atoms with Crippen LogP contribution in [0.25, 0.3) is 10.9 Å². The molecule has 1 aromatic heterocycles. The molecule has 17 heavy (non-hydrogen) atoms. The Hall–Kier alpha value is -1.97. The number of carboxylic acid groups (broad SMARTS) is 1. The standard InChI is InChI=1S/C13H15NO3/c1-3-14-8-9(7-12(15)16)13-10(14)5-4-6-11(13)17-2/h4-6,8H,3,7H2,1-2H3,(H,15,16). The lowest BCUT2D eigenvalue weighted by molar-refractivity contribution is -0.136. The first kappa shape index (κ1) is 11.5. The molecule has 4 heteroatoms. The summed E-state index contributed by atoms with van der Waals surface area (Å²) in [7, 11) is 1.60. The summed E-state index contributed by atoms with van der Waals surface area (Å²) in [5, 5.41) is 9.82. The molecule has 0 saturated heterocycles. The van der Waals surface area contributed by atoms with Crippen molar-refractivity contribution < 1.29 is 14.6 Å². The van der Waals surface area contributed by atoms with Gasteiger partial charge in [-0.1, -0.05) is 6.07 Å². The van der Waals surface area contributed by atoms with Crippen LogP contribution < -0.4 is 4.74 Å². The Morgan fingerprint density at radius 3 is 2.82 bits per heavy atom. The quantitative estimate of drug-likeness (QED) is 0.881. The predicted octanol–water partition coefficient (Wildman–Crippen LogP) is 2.30. The lowest BCUT2D eigenvalue weighted by Gasteiger charge is -2.04. The van der Waals surface area contributed by atoms with Gasteiger partial charge in [-0.25, -0.2) is 0 Å². The van der Waals surface area contributed by atoms with Crippen molar-refractivity contribution in [1.29, 1.82) is 0 Å². The van der Waals surface area contributed by atoms with E-state index in [0.29, 0.717) is 0 Å². The minimum atomic E-state index is -0.828. The number of nitrogens with zero attached hydrogens (tertiary/aromatic N) is 1. The number of rotatable bonds is 4. The third-order valence-corrected chi connectivity index (χ3v) is 2.85. The molecule has 0 aliphatic rings. The summed E-state index contributed by atoms with van der Waals surface area (Å²) < 4.78 is 7.34. The number of aryl methyl sites for hydroxylation is 1. The number of carbonyl (C=O) groups is 1. The topological polar surface area (TPSA) is 51.5 Å². The van der Waals surface area contributed by atoms with Crippen molar-refractivity contribution >= 4 is 16.9 Å². The first-order valence-corrected chi connectivity index (χ1v) is 5.54. The van der Waals surface area contributed by atoms with E-state index in [2.05, 4.69) is 0 Å². The third-order valence-electron chi connectivity index (χ3n) is 2.85. The Labute approximate surface area is 99.4 Å². The molecule has 0 fully saturated rings. The lowest BCUT2D eigenvalue weighted by atomic mass is 10.1. The second-order valence-electron chi connectivity index (χ2n) is 3.87. The smallest absolute Gasteiger partial charge is 0.307 e. The summed E-state index contributed by atoms with van der Waals surface area (Å²) in [6.45, 7) is 2.84. The average molecular weight is 233 g/mol. The van der Waals surface area contributed by atoms with Crippen LogP contribution in [0.1, 0.15) is 12.5 Å². The zero-order chi connectivity index (χ0) is 12.4. The van der Waals surface area contributed by atoms with E-state index in [1.807, 2.05) is 35.9 Å². The molecule has 0 atom stereocenters. The zero-order valence-corrected chi connectivity index (χ0v) is 9.93. The zero-order valence-electron chi connectivity index (χ0n) is 9.93. The number of ether oxygens (including phenoxy) is 1. The highest BCUT2D eigenvalue weighted by atomic mass is 16.5. The molecule has 2 aromatic rings. The molecule has 90 valence electrons. The fourth-order valence-corrected chi connectivity index (χ4v) is 2.13. The third kappa shape index (κ3) is 1.98. The van der Waals surface area contributed by atoms with Crippen LogP contribution in [0, 0.1) is 0 Å². The van der Waals surface area contributed by atoms with Gasteiger partial charge in [0.25, 0.3) is 0 Å². The van der Waals surface area contributed by atoms with Gasteiger partial charge in [-0.3, -0.25) is 4.79 Å². The van der Waals surface area contributed by atoms with Gasteiger partial charge in [0.2, 0.25) is 0 Å². The number of fused-ring (bicyclic) bond motifs is 1. The highest BCUT2D eigenvalue weighted by molar-refractivity contribution is 5.92. The maximum Gasteiger partial charge on any atom is 0.307 e. The second kappa shape index (κ2) is 4.49. The highest BCUT2D eigenvalue weighted by Crippen LogP contribution is 2.30. The fourth-order valence-electron chi connectivity index (χ4n) is 2.13. The Morgan fingerprint density at radius 1 is 1.47 bits per heavy atom. The van der Waals surface area contributed by atoms with E-state index in [1.165, 1.54) is 0 Å². The van der Waals surface area contributed by atoms with Crippen LogP contribution in [0.2, 0.25) is 0 Å². The van der Waals surface area contributed by atoms with Crippen LogP contribution in [0.15, 0.2) is 24.4 Å². The Bertz CT molecular complexity index is 557. The number of benzene rings is 1. The highest BCUT2D eigenvalue weighted by Gasteiger charge is 2.14. The minimum absolute atomic E-state index is 0.0177. The molecule has 4 nitrogen and oxygen atoms in total. The summed E-state index contributed by atoms with van der Waals surface area (Å²) in [5.41, 5.74) is 1.81. The molecular weight excluding hydrogens is 218 g/mol. The molecule has 0 bridgehead atoms. The van der Waals surface area contributed by atoms with Gasteiger partial charge in [-0.15, -0.1) is 0 Å². The maximum atomic E-state index is 10.9. The van der Waals surface area contributed by atoms with Gasteiger partial charge in [-0.05, 0) is 24.6 Å². The number of aromatic nitrogens is 1. The monoisotopic (exact) mass is 233 g/mol. The molecule has 0 aliphatic carbocycles. The fraction of sp³-hybridized carbons (Fsp3) is 0.308. The molecule has 1 heterocycles. The summed E-state index contributed by atoms with van der Waals surface area (Å²) in [6.07, 6.45) is 1.91. The minimum Gasteiger partial charge on any atom is -0.496 e. The molecule has 0 spiro atoms. The molecular formula is C13H15NO3. The molecule has 0 radical (unpaired) electrons. The van der Waals surface area contributed by atoms with Crippen molar-refractivity contribution in [3.8, 4) is 5.75 Å². The van der Waals surface area contributed by atoms with Crippen LogP contribution >= 0.6 is 0 Å². The van der Waals surface area contributed by atoms with Crippen molar-refractivity contribution in [2.75, 3.05) is 7.11 Å². The van der Waals surface area contributed by atoms with E-state index in [-0.39, 0.29) is 6.42 Å². The second-order valence-corrected chi connectivity index (χ2v) is 3.87. The number of hydrogen-bond acceptors (Lipinski definition) is 2. The van der Waals surface area contributed by atoms with Gasteiger partial charge in [0, 0.05) is 18.1 Å². The Balaban J connectivity index is 2.69. The summed E-state index contributed by atoms with van der Waals surface area (Å²) in [4.78, 5) is 10.9. The average Bonchev–Trinajstić information content (AvgIpc) is 2.66. The van der Waals surface area contributed by atoms with Crippen molar-refractivity contribution in [1.82, 2.24) is 4.57 Å². The molecule has 1 N–H and O–H groups in total. The first-order chi connectivity index (χ1) is 8.17. The molecule has 0 unspecified atom stereocenters. The number of methoxy groups -OCH3 is 1. The number of aliphatic carboxylic acids is 1. The summed E-state index contributed by atoms with van der Waals surface area (Å²) in [5.74, 6) is -0.1000. The van der Waals surface area contributed by atoms with E-state index in [1.54, 1.807) is 7.11 Å². The summed E-state index contributed by atoms with van der Waals surface area (Å²) in [6, 6.07) is 5.75. The van der Waals surface area contributed by atoms with Gasteiger partial charge in [0.1, 0.15) is 5.75 Å². The van der Waals surface area contributed by atoms with Crippen LogP contribution in [0.4, 0.5) is 0 Å². The predicted molar refractivity (Wildman–Crippen MR) is 65.5 cm³/mol. The summed E-state index contributed by atoms with van der Waals surface area (Å²) >= 11 is 0. The molecule has 0 saturated carbocycles. The van der Waals surface area contributed by atoms with E-state index < -0.39 is 5.97 Å². The van der Waals surface area contributed by atoms with Crippen LogP contribution in [-0.4, -0.2) is 22.8 Å². The molecule has 0 aliphatic heterocycles. The van der Waals surface area contributed by atoms with Gasteiger partial charge in [0.15, 0.2) is 0 Å². The maximum absolute atomic E-state index is 10.9. The first-order valence-electron chi connectivity index (χ1n) is 5.54. The van der Waals surface area contributed by atoms with Crippen molar-refractivity contribution in [2.45, 2.75) is 19.9 Å². The number of hydrogen-bond donors (Lipinski definition) is 1. The largest absolute Gasteiger partial charge is 0.496 e. The van der Waals surface area contributed by atoms with Crippen LogP contribution in [0.5, 0.6) is 5.75 Å². The van der Waals surface area contributed by atoms with E-state index in [4.69, 9.17) is 9.84 Å². The van der Waals surface area contributed by atoms with Gasteiger partial charge in [0.05, 0.1) is 19.0 Å². The van der Waals surface area contributed by atoms with Gasteiger partial charge < -0.3 is 14.4 Å². The van der Waals surface area contributed by atoms with Crippen molar-refractivity contribution in [3.05, 3.63) is 30.0 Å². The van der Waals surface area contributed by atoms with Crippen LogP contribution in [-0.2, 0) is 17.8 Å². The molecule has 0 amide bonds. The van der Waals surface area contributed by atoms with Gasteiger partial charge >= 0.3 is 5.97 Å². The van der Waals surface area contributed by atoms with Crippen LogP contribution in [0.3, 0.4) is 0 Å². The van der Waals surface area contributed by atoms with Crippen molar-refractivity contribution in [2.24, 2.45) is 0 Å². The van der Waals surface area contributed by atoms with Gasteiger partial charge in [-0.2, -0.15) is 0 Å². The molecule has 2 rings (SSSR count). The van der Waals surface area contributed by atoms with Crippen molar-refractivity contribution in [3.63, 3.8) is 0 Å². The molecule has 1 aromatic carbocycles.